The van der Waals surface area contributed by atoms with Gasteiger partial charge in [0.2, 0.25) is 0 Å². The maximum atomic E-state index is 12.8. The number of fused-ring (bicyclic) bond motifs is 1. The molecule has 2 atom stereocenters. The topological polar surface area (TPSA) is 168 Å². The first kappa shape index (κ1) is 26.3. The molecule has 1 aromatic heterocycles. The van der Waals surface area contributed by atoms with Crippen molar-refractivity contribution in [2.45, 2.75) is 16.7 Å². The first-order valence-electron chi connectivity index (χ1n) is 9.25. The standard InChI is InChI=1S/C17H19N5O7S3.Na/c1-27-21-10(8-4-31-17(18)19-8)13(23)20-11-14(24)22-12(16(25)26)9(5-30-15(11)22)32-7-2-28-6-29-3-7;/h4,7,11,15H,2-3,5-6H2,1H3,(H2,18,19)(H,20,23)(H,25,26);/q;+1/p-1/b21-10-;/t11?,15-;/m0./s1. The number of thiazole rings is 1. The number of nitrogens with one attached hydrogen (secondary N) is 1. The van der Waals surface area contributed by atoms with E-state index in [-0.39, 0.29) is 63.8 Å². The van der Waals surface area contributed by atoms with Crippen LogP contribution in [0.5, 0.6) is 0 Å². The van der Waals surface area contributed by atoms with E-state index in [4.69, 9.17) is 20.0 Å². The zero-order valence-electron chi connectivity index (χ0n) is 17.6. The van der Waals surface area contributed by atoms with Crippen LogP contribution in [-0.4, -0.2) is 82.9 Å². The van der Waals surface area contributed by atoms with E-state index < -0.39 is 29.2 Å². The van der Waals surface area contributed by atoms with Crippen LogP contribution in [0.25, 0.3) is 0 Å². The summed E-state index contributed by atoms with van der Waals surface area (Å²) >= 11 is 3.77. The third-order valence-corrected chi connectivity index (χ3v) is 8.02. The summed E-state index contributed by atoms with van der Waals surface area (Å²) in [6.07, 6.45) is 0. The number of aromatic nitrogens is 1. The maximum absolute atomic E-state index is 12.8. The van der Waals surface area contributed by atoms with Crippen LogP contribution >= 0.6 is 34.9 Å². The molecule has 4 rings (SSSR count). The number of hydrogen-bond donors (Lipinski definition) is 2. The number of carboxylic acids is 1. The Balaban J connectivity index is 0.00000306. The van der Waals surface area contributed by atoms with E-state index >= 15 is 0 Å². The van der Waals surface area contributed by atoms with Gasteiger partial charge in [0.25, 0.3) is 11.8 Å². The molecule has 3 N–H and O–H groups in total. The number of nitrogen functional groups attached to an aromatic ring is 1. The van der Waals surface area contributed by atoms with E-state index in [0.717, 1.165) is 16.2 Å². The number of carboxylic acid groups (broad SMARTS) is 1. The number of β-lactam (4-membered cyclic amide) rings is 1. The van der Waals surface area contributed by atoms with Crippen molar-refractivity contribution >= 4 is 63.5 Å². The molecule has 4 heterocycles. The smallest absolute Gasteiger partial charge is 0.543 e. The van der Waals surface area contributed by atoms with Gasteiger partial charge in [0, 0.05) is 16.0 Å². The fourth-order valence-corrected chi connectivity index (χ4v) is 6.55. The van der Waals surface area contributed by atoms with Gasteiger partial charge in [-0.15, -0.1) is 34.9 Å². The van der Waals surface area contributed by atoms with Gasteiger partial charge in [-0.25, -0.2) is 4.98 Å². The Morgan fingerprint density at radius 3 is 2.76 bits per heavy atom. The average molecular weight is 524 g/mol. The van der Waals surface area contributed by atoms with Crippen LogP contribution in [0.4, 0.5) is 5.13 Å². The van der Waals surface area contributed by atoms with Crippen LogP contribution in [0.1, 0.15) is 5.69 Å². The summed E-state index contributed by atoms with van der Waals surface area (Å²) < 4.78 is 10.5. The first-order valence-corrected chi connectivity index (χ1v) is 12.1. The van der Waals surface area contributed by atoms with Crippen molar-refractivity contribution in [3.8, 4) is 0 Å². The Bertz CT molecular complexity index is 997. The van der Waals surface area contributed by atoms with Crippen molar-refractivity contribution in [2.75, 3.05) is 38.6 Å². The SMILES string of the molecule is CO/N=C(\C(=O)NC1C(=O)N2C(C(=O)[O-])=C(SC3COCOC3)CS[C@@H]12)c1csc(N)n1.[Na+]. The minimum atomic E-state index is -1.45. The minimum absolute atomic E-state index is 0. The van der Waals surface area contributed by atoms with Crippen LogP contribution in [-0.2, 0) is 28.7 Å². The Morgan fingerprint density at radius 1 is 1.42 bits per heavy atom. The van der Waals surface area contributed by atoms with Crippen molar-refractivity contribution in [3.63, 3.8) is 0 Å². The summed E-state index contributed by atoms with van der Waals surface area (Å²) in [5, 5.41) is 19.2. The molecule has 2 amide bonds. The van der Waals surface area contributed by atoms with Gasteiger partial charge >= 0.3 is 29.6 Å². The van der Waals surface area contributed by atoms with Gasteiger partial charge < -0.3 is 35.3 Å². The molecule has 0 saturated carbocycles. The van der Waals surface area contributed by atoms with Crippen molar-refractivity contribution < 1.29 is 63.4 Å². The van der Waals surface area contributed by atoms with Crippen LogP contribution in [0, 0.1) is 0 Å². The Kier molecular flexibility index (Phi) is 9.08. The predicted molar refractivity (Wildman–Crippen MR) is 115 cm³/mol. The number of rotatable bonds is 7. The molecule has 3 aliphatic heterocycles. The largest absolute Gasteiger partial charge is 1.00 e. The summed E-state index contributed by atoms with van der Waals surface area (Å²) in [5.41, 5.74) is 5.50. The monoisotopic (exact) mass is 523 g/mol. The molecule has 0 aromatic carbocycles. The Hall–Kier alpha value is -1.33. The summed E-state index contributed by atoms with van der Waals surface area (Å²) in [6, 6.07) is -0.937. The first-order chi connectivity index (χ1) is 15.4. The van der Waals surface area contributed by atoms with Crippen LogP contribution in [0.3, 0.4) is 0 Å². The fraction of sp³-hybridized carbons (Fsp3) is 0.471. The number of hydrogen-bond acceptors (Lipinski definition) is 13. The second-order valence-electron chi connectivity index (χ2n) is 6.71. The number of oxime groups is 1. The second-order valence-corrected chi connectivity index (χ2v) is 10.1. The molecule has 2 fully saturated rings. The summed E-state index contributed by atoms with van der Waals surface area (Å²) in [5.74, 6) is -2.36. The fourth-order valence-electron chi connectivity index (χ4n) is 3.31. The van der Waals surface area contributed by atoms with E-state index in [1.54, 1.807) is 0 Å². The van der Waals surface area contributed by atoms with Crippen molar-refractivity contribution in [3.05, 3.63) is 21.7 Å². The number of ether oxygens (including phenoxy) is 2. The molecule has 0 aliphatic carbocycles. The molecule has 0 radical (unpaired) electrons. The minimum Gasteiger partial charge on any atom is -0.543 e. The molecule has 1 unspecified atom stereocenters. The van der Waals surface area contributed by atoms with Crippen molar-refractivity contribution in [2.24, 2.45) is 5.16 Å². The Morgan fingerprint density at radius 2 is 2.15 bits per heavy atom. The molecule has 16 heteroatoms. The number of nitrogens with two attached hydrogens (primary N) is 1. The maximum Gasteiger partial charge on any atom is 1.00 e. The zero-order chi connectivity index (χ0) is 22.8. The molecular weight excluding hydrogens is 505 g/mol. The van der Waals surface area contributed by atoms with E-state index in [0.29, 0.717) is 23.9 Å². The van der Waals surface area contributed by atoms with Gasteiger partial charge in [-0.3, -0.25) is 14.5 Å². The number of aliphatic carboxylic acids is 1. The number of nitrogens with zero attached hydrogens (tertiary/aromatic N) is 3. The van der Waals surface area contributed by atoms with Gasteiger partial charge in [0.05, 0.1) is 30.1 Å². The van der Waals surface area contributed by atoms with Crippen LogP contribution < -0.4 is 45.7 Å². The van der Waals surface area contributed by atoms with E-state index in [1.807, 2.05) is 0 Å². The molecule has 172 valence electrons. The molecule has 1 aromatic rings. The molecule has 0 spiro atoms. The molecule has 0 bridgehead atoms. The van der Waals surface area contributed by atoms with E-state index in [2.05, 4.69) is 15.5 Å². The van der Waals surface area contributed by atoms with Gasteiger partial charge in [0.15, 0.2) is 10.8 Å². The number of thioether (sulfide) groups is 2. The number of amides is 2. The number of anilines is 1. The predicted octanol–water partition coefficient (Wildman–Crippen LogP) is -4.45. The normalized spacial score (nSPS) is 23.4. The summed E-state index contributed by atoms with van der Waals surface area (Å²) in [6.45, 7) is 1.03. The van der Waals surface area contributed by atoms with Crippen molar-refractivity contribution in [1.29, 1.82) is 0 Å². The van der Waals surface area contributed by atoms with Gasteiger partial charge in [0.1, 0.15) is 31.0 Å². The van der Waals surface area contributed by atoms with E-state index in [9.17, 15) is 19.5 Å². The molecular formula is C17H18N5NaO7S3. The van der Waals surface area contributed by atoms with Gasteiger partial charge in [-0.2, -0.15) is 0 Å². The second kappa shape index (κ2) is 11.4. The van der Waals surface area contributed by atoms with Crippen LogP contribution in [0.15, 0.2) is 21.1 Å². The third-order valence-electron chi connectivity index (χ3n) is 4.66. The summed E-state index contributed by atoms with van der Waals surface area (Å²) in [4.78, 5) is 47.8. The van der Waals surface area contributed by atoms with Gasteiger partial charge in [-0.05, 0) is 0 Å². The average Bonchev–Trinajstić information content (AvgIpc) is 3.21. The number of carbonyl (C=O) groups is 3. The van der Waals surface area contributed by atoms with Crippen molar-refractivity contribution in [1.82, 2.24) is 15.2 Å². The van der Waals surface area contributed by atoms with E-state index in [1.165, 1.54) is 36.0 Å². The Labute approximate surface area is 222 Å². The number of carbonyl (C=O) groups excluding carboxylic acids is 3. The van der Waals surface area contributed by atoms with Gasteiger partial charge in [-0.1, -0.05) is 5.16 Å². The zero-order valence-corrected chi connectivity index (χ0v) is 22.1. The third kappa shape index (κ3) is 5.51. The summed E-state index contributed by atoms with van der Waals surface area (Å²) in [7, 11) is 1.27. The molecule has 2 saturated heterocycles. The van der Waals surface area contributed by atoms with Crippen LogP contribution in [0.2, 0.25) is 0 Å². The molecule has 3 aliphatic rings. The molecule has 33 heavy (non-hydrogen) atoms. The quantitative estimate of drug-likeness (QED) is 0.153. The molecule has 12 nitrogen and oxygen atoms in total.